The first-order valence-electron chi connectivity index (χ1n) is 11.9. The van der Waals surface area contributed by atoms with Gasteiger partial charge in [-0.05, 0) is 42.8 Å². The number of halogens is 1. The van der Waals surface area contributed by atoms with Crippen LogP contribution in [0.1, 0.15) is 39.0 Å². The van der Waals surface area contributed by atoms with Gasteiger partial charge in [0.05, 0.1) is 30.4 Å². The van der Waals surface area contributed by atoms with E-state index >= 15 is 0 Å². The van der Waals surface area contributed by atoms with Crippen molar-refractivity contribution < 1.29 is 18.7 Å². The maximum Gasteiger partial charge on any atom is 0.251 e. The lowest BCUT2D eigenvalue weighted by Gasteiger charge is -2.38. The third-order valence-electron chi connectivity index (χ3n) is 6.43. The fourth-order valence-electron chi connectivity index (χ4n) is 4.57. The Hall–Kier alpha value is -2.93. The lowest BCUT2D eigenvalue weighted by molar-refractivity contribution is -0.123. The molecule has 0 unspecified atom stereocenters. The Morgan fingerprint density at radius 2 is 1.67 bits per heavy atom. The van der Waals surface area contributed by atoms with Crippen molar-refractivity contribution in [1.29, 1.82) is 0 Å². The van der Waals surface area contributed by atoms with Crippen LogP contribution >= 0.6 is 0 Å². The number of carbonyl (C=O) groups is 2. The number of nitrogens with zero attached hydrogens (tertiary/aromatic N) is 3. The summed E-state index contributed by atoms with van der Waals surface area (Å²) in [5.74, 6) is 0.134. The molecule has 2 fully saturated rings. The molecule has 1 atom stereocenters. The number of hydrogen-bond donors (Lipinski definition) is 0. The molecule has 2 amide bonds. The molecular formula is C26H32FN3O3. The molecule has 0 spiro atoms. The van der Waals surface area contributed by atoms with Gasteiger partial charge in [0.15, 0.2) is 0 Å². The van der Waals surface area contributed by atoms with Gasteiger partial charge < -0.3 is 9.64 Å². The molecule has 4 rings (SSSR count). The van der Waals surface area contributed by atoms with Gasteiger partial charge in [0.1, 0.15) is 11.6 Å². The minimum atomic E-state index is -0.463. The molecule has 0 aliphatic carbocycles. The molecule has 2 aliphatic heterocycles. The van der Waals surface area contributed by atoms with Gasteiger partial charge >= 0.3 is 0 Å². The molecule has 7 heteroatoms. The van der Waals surface area contributed by atoms with Crippen molar-refractivity contribution in [3.63, 3.8) is 0 Å². The molecule has 0 N–H and O–H groups in total. The molecule has 0 radical (unpaired) electrons. The van der Waals surface area contributed by atoms with Crippen molar-refractivity contribution in [3.05, 3.63) is 54.3 Å². The molecule has 0 aromatic heterocycles. The summed E-state index contributed by atoms with van der Waals surface area (Å²) in [5.41, 5.74) is 1.16. The van der Waals surface area contributed by atoms with Gasteiger partial charge in [-0.3, -0.25) is 14.5 Å². The quantitative estimate of drug-likeness (QED) is 0.420. The summed E-state index contributed by atoms with van der Waals surface area (Å²) in [6.07, 6.45) is 4.75. The molecular weight excluding hydrogens is 421 g/mol. The number of imide groups is 1. The minimum absolute atomic E-state index is 0.175. The van der Waals surface area contributed by atoms with Gasteiger partial charge in [-0.15, -0.1) is 0 Å². The third kappa shape index (κ3) is 5.36. The molecule has 2 aromatic carbocycles. The number of para-hydroxylation sites is 1. The molecule has 2 saturated heterocycles. The van der Waals surface area contributed by atoms with Crippen LogP contribution in [0.25, 0.3) is 0 Å². The van der Waals surface area contributed by atoms with Crippen molar-refractivity contribution in [2.24, 2.45) is 0 Å². The van der Waals surface area contributed by atoms with Crippen LogP contribution in [-0.2, 0) is 9.59 Å². The molecule has 0 bridgehead atoms. The van der Waals surface area contributed by atoms with E-state index in [-0.39, 0.29) is 24.1 Å². The summed E-state index contributed by atoms with van der Waals surface area (Å²) in [6.45, 7) is 5.29. The Balaban J connectivity index is 1.33. The summed E-state index contributed by atoms with van der Waals surface area (Å²) in [5, 5.41) is 0. The highest BCUT2D eigenvalue weighted by Crippen LogP contribution is 2.29. The van der Waals surface area contributed by atoms with Crippen LogP contribution in [0.2, 0.25) is 0 Å². The standard InChI is InChI=1S/C26H32FN3O3/c1-2-3-4-7-18-33-21-12-10-20(11-13-21)30-25(31)19-24(26(30)32)29-16-14-28(15-17-29)23-9-6-5-8-22(23)27/h5-6,8-13,24H,2-4,7,14-19H2,1H3/t24-/m0/s1. The van der Waals surface area contributed by atoms with Gasteiger partial charge in [-0.1, -0.05) is 38.3 Å². The first-order chi connectivity index (χ1) is 16.1. The second-order valence-electron chi connectivity index (χ2n) is 8.66. The summed E-state index contributed by atoms with van der Waals surface area (Å²) < 4.78 is 19.9. The number of amides is 2. The average Bonchev–Trinajstić information content (AvgIpc) is 3.13. The highest BCUT2D eigenvalue weighted by molar-refractivity contribution is 6.22. The van der Waals surface area contributed by atoms with E-state index in [1.807, 2.05) is 28.0 Å². The van der Waals surface area contributed by atoms with E-state index in [9.17, 15) is 14.0 Å². The molecule has 2 heterocycles. The van der Waals surface area contributed by atoms with Crippen molar-refractivity contribution in [2.75, 3.05) is 42.6 Å². The van der Waals surface area contributed by atoms with Gasteiger partial charge in [0.2, 0.25) is 5.91 Å². The Labute approximate surface area is 194 Å². The number of ether oxygens (including phenoxy) is 1. The van der Waals surface area contributed by atoms with Crippen molar-refractivity contribution in [2.45, 2.75) is 45.1 Å². The van der Waals surface area contributed by atoms with Crippen LogP contribution in [0.5, 0.6) is 5.75 Å². The predicted octanol–water partition coefficient (Wildman–Crippen LogP) is 4.24. The number of anilines is 2. The summed E-state index contributed by atoms with van der Waals surface area (Å²) in [4.78, 5) is 31.2. The van der Waals surface area contributed by atoms with Gasteiger partial charge in [-0.25, -0.2) is 9.29 Å². The van der Waals surface area contributed by atoms with Gasteiger partial charge in [-0.2, -0.15) is 0 Å². The fourth-order valence-corrected chi connectivity index (χ4v) is 4.57. The maximum absolute atomic E-state index is 14.1. The average molecular weight is 454 g/mol. The van der Waals surface area contributed by atoms with Crippen LogP contribution in [0, 0.1) is 5.82 Å². The molecule has 2 aliphatic rings. The van der Waals surface area contributed by atoms with E-state index < -0.39 is 6.04 Å². The van der Waals surface area contributed by atoms with Crippen molar-refractivity contribution >= 4 is 23.2 Å². The molecule has 176 valence electrons. The second kappa shape index (κ2) is 10.8. The highest BCUT2D eigenvalue weighted by atomic mass is 19.1. The van der Waals surface area contributed by atoms with Crippen LogP contribution in [0.15, 0.2) is 48.5 Å². The largest absolute Gasteiger partial charge is 0.494 e. The molecule has 2 aromatic rings. The second-order valence-corrected chi connectivity index (χ2v) is 8.66. The van der Waals surface area contributed by atoms with E-state index in [0.717, 1.165) is 18.6 Å². The zero-order valence-corrected chi connectivity index (χ0v) is 19.2. The van der Waals surface area contributed by atoms with Gasteiger partial charge in [0.25, 0.3) is 5.91 Å². The maximum atomic E-state index is 14.1. The van der Waals surface area contributed by atoms with E-state index in [1.165, 1.54) is 23.8 Å². The van der Waals surface area contributed by atoms with E-state index in [1.54, 1.807) is 24.3 Å². The van der Waals surface area contributed by atoms with Crippen LogP contribution in [-0.4, -0.2) is 55.5 Å². The van der Waals surface area contributed by atoms with E-state index in [4.69, 9.17) is 4.74 Å². The van der Waals surface area contributed by atoms with Crippen molar-refractivity contribution in [3.8, 4) is 5.75 Å². The molecule has 33 heavy (non-hydrogen) atoms. The van der Waals surface area contributed by atoms with Crippen LogP contribution in [0.4, 0.5) is 15.8 Å². The van der Waals surface area contributed by atoms with Crippen LogP contribution in [0.3, 0.4) is 0 Å². The zero-order chi connectivity index (χ0) is 23.2. The molecule has 6 nitrogen and oxygen atoms in total. The number of carbonyl (C=O) groups excluding carboxylic acids is 2. The van der Waals surface area contributed by atoms with Gasteiger partial charge in [0, 0.05) is 26.2 Å². The normalized spacial score (nSPS) is 19.4. The number of hydrogen-bond acceptors (Lipinski definition) is 5. The third-order valence-corrected chi connectivity index (χ3v) is 6.43. The lowest BCUT2D eigenvalue weighted by Crippen LogP contribution is -2.52. The number of rotatable bonds is 9. The Bertz CT molecular complexity index is 958. The first-order valence-corrected chi connectivity index (χ1v) is 11.9. The summed E-state index contributed by atoms with van der Waals surface area (Å²) in [6, 6.07) is 13.5. The van der Waals surface area contributed by atoms with E-state index in [0.29, 0.717) is 44.2 Å². The van der Waals surface area contributed by atoms with E-state index in [2.05, 4.69) is 6.92 Å². The van der Waals surface area contributed by atoms with Crippen molar-refractivity contribution in [1.82, 2.24) is 4.90 Å². The Morgan fingerprint density at radius 3 is 2.36 bits per heavy atom. The summed E-state index contributed by atoms with van der Waals surface area (Å²) >= 11 is 0. The first kappa shape index (κ1) is 23.2. The number of piperazine rings is 1. The Morgan fingerprint density at radius 1 is 0.939 bits per heavy atom. The topological polar surface area (TPSA) is 53.1 Å². The fraction of sp³-hybridized carbons (Fsp3) is 0.462. The summed E-state index contributed by atoms with van der Waals surface area (Å²) in [7, 11) is 0. The Kier molecular flexibility index (Phi) is 7.60. The predicted molar refractivity (Wildman–Crippen MR) is 127 cm³/mol. The number of benzene rings is 2. The smallest absolute Gasteiger partial charge is 0.251 e. The van der Waals surface area contributed by atoms with Crippen LogP contribution < -0.4 is 14.5 Å². The zero-order valence-electron chi connectivity index (χ0n) is 19.2. The molecule has 0 saturated carbocycles. The SMILES string of the molecule is CCCCCCOc1ccc(N2C(=O)C[C@H](N3CCN(c4ccccc4F)CC3)C2=O)cc1. The number of unbranched alkanes of at least 4 members (excludes halogenated alkanes) is 3. The highest BCUT2D eigenvalue weighted by Gasteiger charge is 2.43. The monoisotopic (exact) mass is 453 g/mol. The lowest BCUT2D eigenvalue weighted by atomic mass is 10.1. The minimum Gasteiger partial charge on any atom is -0.494 e.